The number of aromatic nitrogens is 1. The molecule has 0 bridgehead atoms. The van der Waals surface area contributed by atoms with Gasteiger partial charge in [-0.05, 0) is 50.4 Å². The fourth-order valence-electron chi connectivity index (χ4n) is 2.23. The predicted octanol–water partition coefficient (Wildman–Crippen LogP) is 3.29. The van der Waals surface area contributed by atoms with E-state index < -0.39 is 21.7 Å². The molecule has 0 unspecified atom stereocenters. The van der Waals surface area contributed by atoms with Crippen LogP contribution in [0.15, 0.2) is 57.2 Å². The molecule has 0 saturated carbocycles. The van der Waals surface area contributed by atoms with Crippen molar-refractivity contribution in [2.45, 2.75) is 37.8 Å². The first-order chi connectivity index (χ1) is 13.2. The van der Waals surface area contributed by atoms with Crippen molar-refractivity contribution < 1.29 is 17.9 Å². The van der Waals surface area contributed by atoms with E-state index in [2.05, 4.69) is 14.7 Å². The van der Waals surface area contributed by atoms with Gasteiger partial charge in [0.05, 0.1) is 17.1 Å². The minimum atomic E-state index is -3.62. The second-order valence-electron chi connectivity index (χ2n) is 6.89. The van der Waals surface area contributed by atoms with Crippen molar-refractivity contribution in [3.05, 3.63) is 53.0 Å². The molecule has 0 saturated heterocycles. The van der Waals surface area contributed by atoms with Gasteiger partial charge in [0.2, 0.25) is 10.0 Å². The standard InChI is InChI=1S/C18H20N4O4S2/c1-18(2,3)26-17(23)22(15-7-9-19-15)16-6-4-5-13(21-16)11-20-28(24,25)14-8-10-27-12-14/h4-10,12,20H,11H2,1-3H3. The van der Waals surface area contributed by atoms with E-state index in [0.29, 0.717) is 17.3 Å². The van der Waals surface area contributed by atoms with Gasteiger partial charge in [-0.3, -0.25) is 0 Å². The van der Waals surface area contributed by atoms with Crippen LogP contribution in [-0.4, -0.2) is 30.9 Å². The van der Waals surface area contributed by atoms with Crippen LogP contribution in [-0.2, 0) is 21.3 Å². The molecular formula is C18H20N4O4S2. The highest BCUT2D eigenvalue weighted by atomic mass is 32.2. The van der Waals surface area contributed by atoms with Gasteiger partial charge >= 0.3 is 6.09 Å². The number of thiophene rings is 1. The van der Waals surface area contributed by atoms with Gasteiger partial charge in [-0.1, -0.05) is 6.07 Å². The second-order valence-corrected chi connectivity index (χ2v) is 9.44. The Morgan fingerprint density at radius 2 is 2.04 bits per heavy atom. The summed E-state index contributed by atoms with van der Waals surface area (Å²) in [7, 11) is -3.62. The topological polar surface area (TPSA) is 101 Å². The summed E-state index contributed by atoms with van der Waals surface area (Å²) < 4.78 is 32.5. The molecule has 1 aliphatic heterocycles. The molecule has 0 spiro atoms. The van der Waals surface area contributed by atoms with Crippen molar-refractivity contribution in [3.8, 4) is 0 Å². The van der Waals surface area contributed by atoms with Gasteiger partial charge in [-0.15, -0.1) is 0 Å². The normalized spacial score (nSPS) is 13.6. The average molecular weight is 421 g/mol. The summed E-state index contributed by atoms with van der Waals surface area (Å²) in [6.45, 7) is 5.29. The second kappa shape index (κ2) is 7.82. The first-order valence-electron chi connectivity index (χ1n) is 8.41. The summed E-state index contributed by atoms with van der Waals surface area (Å²) in [6.07, 6.45) is 2.61. The van der Waals surface area contributed by atoms with E-state index in [1.807, 2.05) is 0 Å². The Hall–Kier alpha value is -2.56. The average Bonchev–Trinajstić information content (AvgIpc) is 3.10. The molecule has 1 N–H and O–H groups in total. The lowest BCUT2D eigenvalue weighted by Gasteiger charge is -2.27. The fraction of sp³-hybridized carbons (Fsp3) is 0.278. The van der Waals surface area contributed by atoms with E-state index in [9.17, 15) is 13.2 Å². The molecule has 2 aromatic heterocycles. The molecule has 1 aliphatic rings. The Kier molecular flexibility index (Phi) is 5.64. The number of amides is 1. The lowest BCUT2D eigenvalue weighted by molar-refractivity contribution is 0.0603. The van der Waals surface area contributed by atoms with Gasteiger partial charge in [0.15, 0.2) is 0 Å². The van der Waals surface area contributed by atoms with Gasteiger partial charge in [0, 0.05) is 11.6 Å². The summed E-state index contributed by atoms with van der Waals surface area (Å²) in [4.78, 5) is 22.5. The van der Waals surface area contributed by atoms with Crippen LogP contribution in [0.3, 0.4) is 0 Å². The third-order valence-electron chi connectivity index (χ3n) is 3.51. The van der Waals surface area contributed by atoms with Crippen molar-refractivity contribution >= 4 is 39.1 Å². The number of amidine groups is 1. The van der Waals surface area contributed by atoms with E-state index in [4.69, 9.17) is 4.74 Å². The number of nitrogens with one attached hydrogen (secondary N) is 1. The number of ether oxygens (including phenoxy) is 1. The lowest BCUT2D eigenvalue weighted by Crippen LogP contribution is -2.42. The van der Waals surface area contributed by atoms with E-state index >= 15 is 0 Å². The number of anilines is 1. The van der Waals surface area contributed by atoms with Crippen molar-refractivity contribution in [2.75, 3.05) is 4.90 Å². The largest absolute Gasteiger partial charge is 0.443 e. The van der Waals surface area contributed by atoms with Crippen molar-refractivity contribution in [2.24, 2.45) is 4.99 Å². The van der Waals surface area contributed by atoms with Crippen LogP contribution in [0.4, 0.5) is 10.6 Å². The van der Waals surface area contributed by atoms with Crippen LogP contribution in [0.25, 0.3) is 0 Å². The molecule has 10 heteroatoms. The van der Waals surface area contributed by atoms with Gasteiger partial charge in [0.25, 0.3) is 0 Å². The van der Waals surface area contributed by atoms with Crippen LogP contribution in [0.2, 0.25) is 0 Å². The SMILES string of the molecule is CC(C)(C)OC(=O)N(C1=NC=C1)c1cccc(CNS(=O)(=O)c2ccsc2)n1. The quantitative estimate of drug-likeness (QED) is 0.800. The number of carbonyl (C=O) groups excluding carboxylic acids is 1. The third kappa shape index (κ3) is 4.83. The summed E-state index contributed by atoms with van der Waals surface area (Å²) in [5.74, 6) is 0.697. The van der Waals surface area contributed by atoms with Crippen LogP contribution in [0, 0.1) is 0 Å². The van der Waals surface area contributed by atoms with Gasteiger partial charge in [0.1, 0.15) is 17.3 Å². The third-order valence-corrected chi connectivity index (χ3v) is 5.74. The van der Waals surface area contributed by atoms with Crippen molar-refractivity contribution in [3.63, 3.8) is 0 Å². The van der Waals surface area contributed by atoms with Crippen LogP contribution >= 0.6 is 11.3 Å². The zero-order chi connectivity index (χ0) is 20.4. The summed E-state index contributed by atoms with van der Waals surface area (Å²) in [5.41, 5.74) is -0.231. The number of nitrogens with zero attached hydrogens (tertiary/aromatic N) is 3. The maximum absolute atomic E-state index is 12.6. The molecule has 0 aliphatic carbocycles. The molecule has 28 heavy (non-hydrogen) atoms. The molecule has 8 nitrogen and oxygen atoms in total. The van der Waals surface area contributed by atoms with Crippen LogP contribution in [0.5, 0.6) is 0 Å². The number of hydrogen-bond acceptors (Lipinski definition) is 7. The van der Waals surface area contributed by atoms with Gasteiger partial charge < -0.3 is 4.74 Å². The number of rotatable bonds is 5. The monoisotopic (exact) mass is 420 g/mol. The van der Waals surface area contributed by atoms with Gasteiger partial charge in [-0.25, -0.2) is 32.8 Å². The molecule has 1 amide bonds. The van der Waals surface area contributed by atoms with E-state index in [0.717, 1.165) is 0 Å². The summed E-state index contributed by atoms with van der Waals surface area (Å²) in [5, 5.41) is 3.25. The lowest BCUT2D eigenvalue weighted by atomic mass is 10.2. The summed E-state index contributed by atoms with van der Waals surface area (Å²) >= 11 is 1.30. The molecule has 148 valence electrons. The predicted molar refractivity (Wildman–Crippen MR) is 108 cm³/mol. The Bertz CT molecular complexity index is 1020. The van der Waals surface area contributed by atoms with E-state index in [1.165, 1.54) is 22.3 Å². The molecule has 0 radical (unpaired) electrons. The number of aliphatic imine (C=N–C) groups is 1. The number of hydrogen-bond donors (Lipinski definition) is 1. The van der Waals surface area contributed by atoms with Crippen LogP contribution in [0.1, 0.15) is 26.5 Å². The van der Waals surface area contributed by atoms with Crippen LogP contribution < -0.4 is 9.62 Å². The smallest absolute Gasteiger partial charge is 0.421 e. The minimum absolute atomic E-state index is 0.0174. The van der Waals surface area contributed by atoms with E-state index in [1.54, 1.807) is 62.0 Å². The Morgan fingerprint density at radius 1 is 1.29 bits per heavy atom. The molecule has 2 aromatic rings. The summed E-state index contributed by atoms with van der Waals surface area (Å²) in [6, 6.07) is 6.53. The zero-order valence-electron chi connectivity index (χ0n) is 15.6. The highest BCUT2D eigenvalue weighted by molar-refractivity contribution is 7.89. The first kappa shape index (κ1) is 20.2. The molecule has 0 atom stereocenters. The molecule has 3 rings (SSSR count). The fourth-order valence-corrected chi connectivity index (χ4v) is 4.26. The highest BCUT2D eigenvalue weighted by Gasteiger charge is 2.29. The van der Waals surface area contributed by atoms with E-state index in [-0.39, 0.29) is 11.4 Å². The molecule has 0 aromatic carbocycles. The molecule has 3 heterocycles. The van der Waals surface area contributed by atoms with Gasteiger partial charge in [-0.2, -0.15) is 11.3 Å². The Labute approximate surface area is 167 Å². The van der Waals surface area contributed by atoms with Crippen molar-refractivity contribution in [1.29, 1.82) is 0 Å². The number of sulfonamides is 1. The molecule has 0 fully saturated rings. The minimum Gasteiger partial charge on any atom is -0.443 e. The number of pyridine rings is 1. The maximum atomic E-state index is 12.6. The zero-order valence-corrected chi connectivity index (χ0v) is 17.3. The Balaban J connectivity index is 1.79. The maximum Gasteiger partial charge on any atom is 0.421 e. The first-order valence-corrected chi connectivity index (χ1v) is 10.8. The molecular weight excluding hydrogens is 400 g/mol. The number of carbonyl (C=O) groups is 1. The van der Waals surface area contributed by atoms with Crippen molar-refractivity contribution in [1.82, 2.24) is 9.71 Å². The highest BCUT2D eigenvalue weighted by Crippen LogP contribution is 2.20. The Morgan fingerprint density at radius 3 is 2.61 bits per heavy atom.